The number of nitrogens with zero attached hydrogens (tertiary/aromatic N) is 1. The molecule has 2 N–H and O–H groups in total. The number of aromatic nitrogens is 1. The molecule has 8 heteroatoms. The highest BCUT2D eigenvalue weighted by Gasteiger charge is 2.27. The first-order valence-corrected chi connectivity index (χ1v) is 10.8. The van der Waals surface area contributed by atoms with Gasteiger partial charge in [0.25, 0.3) is 11.8 Å². The van der Waals surface area contributed by atoms with E-state index in [4.69, 9.17) is 4.74 Å². The molecular formula is C23H25N3O4S. The van der Waals surface area contributed by atoms with Crippen LogP contribution in [0.4, 0.5) is 5.13 Å². The molecule has 0 spiro atoms. The maximum atomic E-state index is 12.5. The summed E-state index contributed by atoms with van der Waals surface area (Å²) in [6.07, 6.45) is 0. The van der Waals surface area contributed by atoms with Gasteiger partial charge in [-0.05, 0) is 49.6 Å². The first-order valence-electron chi connectivity index (χ1n) is 9.94. The molecule has 2 amide bonds. The van der Waals surface area contributed by atoms with E-state index < -0.39 is 24.5 Å². The van der Waals surface area contributed by atoms with Crippen molar-refractivity contribution in [1.29, 1.82) is 0 Å². The van der Waals surface area contributed by atoms with Gasteiger partial charge in [0.15, 0.2) is 11.7 Å². The summed E-state index contributed by atoms with van der Waals surface area (Å²) in [6, 6.07) is 12.0. The van der Waals surface area contributed by atoms with E-state index in [1.54, 1.807) is 26.0 Å². The number of nitrogens with one attached hydrogen (secondary N) is 2. The maximum Gasteiger partial charge on any atom is 0.329 e. The standard InChI is InChI=1S/C23H25N3O4S/c1-13(2)20(26-21(28)16-8-5-14(3)6-9-16)22(29)30-12-19(27)25-23-24-17-10-7-15(4)11-18(17)31-23/h5-11,13,20H,12H2,1-4H3,(H,26,28)(H,24,25,27)/t20-/m0/s1. The average Bonchev–Trinajstić information content (AvgIpc) is 3.11. The predicted molar refractivity (Wildman–Crippen MR) is 121 cm³/mol. The van der Waals surface area contributed by atoms with E-state index in [9.17, 15) is 14.4 Å². The minimum Gasteiger partial charge on any atom is -0.454 e. The number of hydrogen-bond donors (Lipinski definition) is 2. The summed E-state index contributed by atoms with van der Waals surface area (Å²) in [5.41, 5.74) is 3.38. The molecule has 0 saturated heterocycles. The van der Waals surface area contributed by atoms with Crippen molar-refractivity contribution in [3.8, 4) is 0 Å². The van der Waals surface area contributed by atoms with E-state index in [-0.39, 0.29) is 11.8 Å². The second kappa shape index (κ2) is 9.70. The highest BCUT2D eigenvalue weighted by atomic mass is 32.1. The van der Waals surface area contributed by atoms with Crippen molar-refractivity contribution < 1.29 is 19.1 Å². The lowest BCUT2D eigenvalue weighted by Gasteiger charge is -2.20. The summed E-state index contributed by atoms with van der Waals surface area (Å²) in [5.74, 6) is -1.73. The first-order chi connectivity index (χ1) is 14.7. The fourth-order valence-corrected chi connectivity index (χ4v) is 3.87. The Bertz CT molecular complexity index is 1110. The van der Waals surface area contributed by atoms with Crippen LogP contribution in [0, 0.1) is 19.8 Å². The molecule has 0 saturated carbocycles. The number of fused-ring (bicyclic) bond motifs is 1. The molecule has 0 radical (unpaired) electrons. The van der Waals surface area contributed by atoms with Crippen molar-refractivity contribution in [3.05, 3.63) is 59.2 Å². The van der Waals surface area contributed by atoms with Gasteiger partial charge in [0.1, 0.15) is 6.04 Å². The van der Waals surface area contributed by atoms with Crippen molar-refractivity contribution >= 4 is 44.5 Å². The molecule has 0 aliphatic heterocycles. The number of esters is 1. The molecule has 162 valence electrons. The van der Waals surface area contributed by atoms with E-state index in [0.717, 1.165) is 21.3 Å². The van der Waals surface area contributed by atoms with Crippen LogP contribution >= 0.6 is 11.3 Å². The molecular weight excluding hydrogens is 414 g/mol. The summed E-state index contributed by atoms with van der Waals surface area (Å²) in [6.45, 7) is 7.04. The predicted octanol–water partition coefficient (Wildman–Crippen LogP) is 3.85. The Balaban J connectivity index is 1.56. The second-order valence-corrected chi connectivity index (χ2v) is 8.74. The van der Waals surface area contributed by atoms with Crippen molar-refractivity contribution in [2.75, 3.05) is 11.9 Å². The Labute approximate surface area is 184 Å². The van der Waals surface area contributed by atoms with Gasteiger partial charge < -0.3 is 10.1 Å². The third-order valence-electron chi connectivity index (χ3n) is 4.66. The van der Waals surface area contributed by atoms with Crippen LogP contribution in [0.25, 0.3) is 10.2 Å². The lowest BCUT2D eigenvalue weighted by molar-refractivity contribution is -0.150. The van der Waals surface area contributed by atoms with E-state index in [1.807, 2.05) is 44.2 Å². The lowest BCUT2D eigenvalue weighted by atomic mass is 10.0. The summed E-state index contributed by atoms with van der Waals surface area (Å²) in [5, 5.41) is 5.78. The maximum absolute atomic E-state index is 12.5. The molecule has 3 aromatic rings. The second-order valence-electron chi connectivity index (χ2n) is 7.71. The number of benzene rings is 2. The van der Waals surface area contributed by atoms with Crippen molar-refractivity contribution in [2.45, 2.75) is 33.7 Å². The van der Waals surface area contributed by atoms with Gasteiger partial charge in [-0.1, -0.05) is 48.9 Å². The SMILES string of the molecule is Cc1ccc(C(=O)N[C@H](C(=O)OCC(=O)Nc2nc3ccc(C)cc3s2)C(C)C)cc1. The van der Waals surface area contributed by atoms with Gasteiger partial charge >= 0.3 is 5.97 Å². The van der Waals surface area contributed by atoms with Crippen LogP contribution in [0.5, 0.6) is 0 Å². The highest BCUT2D eigenvalue weighted by Crippen LogP contribution is 2.26. The van der Waals surface area contributed by atoms with Gasteiger partial charge in [-0.25, -0.2) is 9.78 Å². The van der Waals surface area contributed by atoms with Crippen LogP contribution in [-0.4, -0.2) is 35.4 Å². The number of rotatable bonds is 7. The van der Waals surface area contributed by atoms with Gasteiger partial charge in [0.2, 0.25) is 0 Å². The molecule has 0 aliphatic rings. The zero-order valence-electron chi connectivity index (χ0n) is 17.9. The number of anilines is 1. The number of thiazole rings is 1. The van der Waals surface area contributed by atoms with Crippen molar-refractivity contribution in [1.82, 2.24) is 10.3 Å². The zero-order valence-corrected chi connectivity index (χ0v) is 18.7. The summed E-state index contributed by atoms with van der Waals surface area (Å²) in [4.78, 5) is 41.5. The highest BCUT2D eigenvalue weighted by molar-refractivity contribution is 7.22. The van der Waals surface area contributed by atoms with Crippen LogP contribution in [-0.2, 0) is 14.3 Å². The molecule has 7 nitrogen and oxygen atoms in total. The summed E-state index contributed by atoms with van der Waals surface area (Å²) < 4.78 is 6.12. The molecule has 0 aliphatic carbocycles. The third kappa shape index (κ3) is 5.88. The number of aryl methyl sites for hydroxylation is 2. The summed E-state index contributed by atoms with van der Waals surface area (Å²) >= 11 is 1.35. The number of carbonyl (C=O) groups excluding carboxylic acids is 3. The van der Waals surface area contributed by atoms with Crippen molar-refractivity contribution in [3.63, 3.8) is 0 Å². The van der Waals surface area contributed by atoms with E-state index in [1.165, 1.54) is 11.3 Å². The minimum atomic E-state index is -0.868. The Morgan fingerprint density at radius 3 is 2.39 bits per heavy atom. The van der Waals surface area contributed by atoms with Crippen LogP contribution in [0.15, 0.2) is 42.5 Å². The van der Waals surface area contributed by atoms with Crippen LogP contribution in [0.3, 0.4) is 0 Å². The van der Waals surface area contributed by atoms with E-state index in [2.05, 4.69) is 15.6 Å². The summed E-state index contributed by atoms with van der Waals surface area (Å²) in [7, 11) is 0. The molecule has 0 unspecified atom stereocenters. The minimum absolute atomic E-state index is 0.211. The molecule has 0 bridgehead atoms. The molecule has 1 aromatic heterocycles. The van der Waals surface area contributed by atoms with Gasteiger partial charge in [-0.15, -0.1) is 0 Å². The van der Waals surface area contributed by atoms with Gasteiger partial charge in [-0.2, -0.15) is 0 Å². The largest absolute Gasteiger partial charge is 0.454 e. The zero-order chi connectivity index (χ0) is 22.5. The fraction of sp³-hybridized carbons (Fsp3) is 0.304. The van der Waals surface area contributed by atoms with Gasteiger partial charge in [0, 0.05) is 5.56 Å². The van der Waals surface area contributed by atoms with Crippen LogP contribution in [0.2, 0.25) is 0 Å². The van der Waals surface area contributed by atoms with E-state index in [0.29, 0.717) is 10.7 Å². The third-order valence-corrected chi connectivity index (χ3v) is 5.59. The Morgan fingerprint density at radius 1 is 1.03 bits per heavy atom. The molecule has 1 atom stereocenters. The Hall–Kier alpha value is -3.26. The van der Waals surface area contributed by atoms with Crippen LogP contribution < -0.4 is 10.6 Å². The molecule has 31 heavy (non-hydrogen) atoms. The van der Waals surface area contributed by atoms with E-state index >= 15 is 0 Å². The van der Waals surface area contributed by atoms with Crippen LogP contribution in [0.1, 0.15) is 35.3 Å². The van der Waals surface area contributed by atoms with Gasteiger partial charge in [0.05, 0.1) is 10.2 Å². The quantitative estimate of drug-likeness (QED) is 0.545. The number of ether oxygens (including phenoxy) is 1. The Morgan fingerprint density at radius 2 is 1.71 bits per heavy atom. The normalized spacial score (nSPS) is 11.9. The lowest BCUT2D eigenvalue weighted by Crippen LogP contribution is -2.45. The monoisotopic (exact) mass is 439 g/mol. The molecule has 0 fully saturated rings. The number of amides is 2. The Kier molecular flexibility index (Phi) is 7.02. The topological polar surface area (TPSA) is 97.4 Å². The number of carbonyl (C=O) groups is 3. The van der Waals surface area contributed by atoms with Gasteiger partial charge in [-0.3, -0.25) is 14.9 Å². The molecule has 1 heterocycles. The number of hydrogen-bond acceptors (Lipinski definition) is 6. The fourth-order valence-electron chi connectivity index (χ4n) is 2.89. The molecule has 3 rings (SSSR count). The van der Waals surface area contributed by atoms with Crippen molar-refractivity contribution in [2.24, 2.45) is 5.92 Å². The first kappa shape index (κ1) is 22.4. The molecule has 2 aromatic carbocycles. The average molecular weight is 440 g/mol. The smallest absolute Gasteiger partial charge is 0.329 e.